The van der Waals surface area contributed by atoms with E-state index in [4.69, 9.17) is 4.74 Å². The van der Waals surface area contributed by atoms with Gasteiger partial charge in [0.1, 0.15) is 5.75 Å². The number of nitrogens with one attached hydrogen (secondary N) is 1. The van der Waals surface area contributed by atoms with Crippen LogP contribution < -0.4 is 9.64 Å². The average molecular weight is 390 g/mol. The molecule has 3 atom stereocenters. The Kier molecular flexibility index (Phi) is 4.70. The van der Waals surface area contributed by atoms with E-state index in [2.05, 4.69) is 44.5 Å². The molecule has 0 saturated heterocycles. The first-order valence-electron chi connectivity index (χ1n) is 10.5. The van der Waals surface area contributed by atoms with Crippen molar-refractivity contribution in [3.63, 3.8) is 0 Å². The van der Waals surface area contributed by atoms with Crippen LogP contribution in [0.2, 0.25) is 0 Å². The van der Waals surface area contributed by atoms with Crippen LogP contribution in [-0.2, 0) is 0 Å². The van der Waals surface area contributed by atoms with Gasteiger partial charge < -0.3 is 9.64 Å². The van der Waals surface area contributed by atoms with Crippen molar-refractivity contribution in [3.8, 4) is 28.1 Å². The van der Waals surface area contributed by atoms with Crippen LogP contribution in [0, 0.1) is 11.8 Å². The molecule has 2 heterocycles. The molecule has 2 aliphatic rings. The summed E-state index contributed by atoms with van der Waals surface area (Å²) in [5.74, 6) is 3.55. The molecule has 2 aromatic heterocycles. The molecule has 3 aromatic rings. The van der Waals surface area contributed by atoms with E-state index < -0.39 is 0 Å². The second-order valence-electron chi connectivity index (χ2n) is 8.46. The highest BCUT2D eigenvalue weighted by Crippen LogP contribution is 2.43. The number of aromatic nitrogens is 4. The molecule has 0 radical (unpaired) electrons. The second-order valence-corrected chi connectivity index (χ2v) is 8.46. The number of fused-ring (bicyclic) bond motifs is 2. The van der Waals surface area contributed by atoms with Crippen molar-refractivity contribution in [2.24, 2.45) is 11.8 Å². The highest BCUT2D eigenvalue weighted by atomic mass is 16.5. The molecule has 2 aliphatic carbocycles. The number of ether oxygens (including phenoxy) is 1. The molecular weight excluding hydrogens is 362 g/mol. The lowest BCUT2D eigenvalue weighted by Gasteiger charge is -2.35. The first-order chi connectivity index (χ1) is 14.2. The fourth-order valence-corrected chi connectivity index (χ4v) is 5.12. The predicted octanol–water partition coefficient (Wildman–Crippen LogP) is 4.56. The summed E-state index contributed by atoms with van der Waals surface area (Å²) < 4.78 is 5.63. The number of anilines is 1. The SMILES string of the molecule is COc1cc(-c2cn[nH]c2)ccc1-c1ccc(N(C)C2C[C@H]3CC[C@@H](C2)C3)nn1. The fraction of sp³-hybridized carbons (Fsp3) is 0.435. The molecule has 5 rings (SSSR count). The Hall–Kier alpha value is -2.89. The summed E-state index contributed by atoms with van der Waals surface area (Å²) in [6.07, 6.45) is 10.5. The van der Waals surface area contributed by atoms with Crippen molar-refractivity contribution in [1.82, 2.24) is 20.4 Å². The third-order valence-electron chi connectivity index (χ3n) is 6.73. The second kappa shape index (κ2) is 7.50. The van der Waals surface area contributed by atoms with Crippen molar-refractivity contribution >= 4 is 5.82 Å². The quantitative estimate of drug-likeness (QED) is 0.693. The van der Waals surface area contributed by atoms with Crippen LogP contribution in [0.4, 0.5) is 5.82 Å². The van der Waals surface area contributed by atoms with Crippen molar-refractivity contribution in [1.29, 1.82) is 0 Å². The lowest BCUT2D eigenvalue weighted by molar-refractivity contribution is 0.312. The van der Waals surface area contributed by atoms with Crippen LogP contribution >= 0.6 is 0 Å². The molecule has 2 bridgehead atoms. The third kappa shape index (κ3) is 3.48. The molecule has 1 N–H and O–H groups in total. The fourth-order valence-electron chi connectivity index (χ4n) is 5.12. The summed E-state index contributed by atoms with van der Waals surface area (Å²) in [5.41, 5.74) is 3.84. The van der Waals surface area contributed by atoms with Gasteiger partial charge in [-0.25, -0.2) is 0 Å². The number of H-pyrrole nitrogens is 1. The molecule has 2 saturated carbocycles. The minimum absolute atomic E-state index is 0.588. The Balaban J connectivity index is 1.37. The Morgan fingerprint density at radius 1 is 1.00 bits per heavy atom. The van der Waals surface area contributed by atoms with E-state index >= 15 is 0 Å². The Bertz CT molecular complexity index is 957. The van der Waals surface area contributed by atoms with E-state index in [1.165, 1.54) is 32.1 Å². The van der Waals surface area contributed by atoms with Gasteiger partial charge in [0.2, 0.25) is 0 Å². The largest absolute Gasteiger partial charge is 0.496 e. The van der Waals surface area contributed by atoms with Crippen molar-refractivity contribution in [2.45, 2.75) is 38.1 Å². The van der Waals surface area contributed by atoms with Gasteiger partial charge >= 0.3 is 0 Å². The number of methoxy groups -OCH3 is 1. The molecule has 0 amide bonds. The Labute approximate surface area is 171 Å². The van der Waals surface area contributed by atoms with Gasteiger partial charge in [-0.3, -0.25) is 5.10 Å². The lowest BCUT2D eigenvalue weighted by atomic mass is 9.85. The molecule has 6 nitrogen and oxygen atoms in total. The average Bonchev–Trinajstić information content (AvgIpc) is 3.42. The lowest BCUT2D eigenvalue weighted by Crippen LogP contribution is -2.37. The Morgan fingerprint density at radius 2 is 1.83 bits per heavy atom. The molecule has 29 heavy (non-hydrogen) atoms. The summed E-state index contributed by atoms with van der Waals surface area (Å²) in [7, 11) is 3.85. The zero-order chi connectivity index (χ0) is 19.8. The van der Waals surface area contributed by atoms with E-state index in [1.54, 1.807) is 13.3 Å². The number of hydrogen-bond donors (Lipinski definition) is 1. The van der Waals surface area contributed by atoms with Crippen molar-refractivity contribution in [2.75, 3.05) is 19.1 Å². The van der Waals surface area contributed by atoms with Gasteiger partial charge in [-0.05, 0) is 60.9 Å². The minimum atomic E-state index is 0.588. The predicted molar refractivity (Wildman–Crippen MR) is 114 cm³/mol. The zero-order valence-corrected chi connectivity index (χ0v) is 17.0. The molecule has 0 spiro atoms. The van der Waals surface area contributed by atoms with Crippen LogP contribution in [0.3, 0.4) is 0 Å². The van der Waals surface area contributed by atoms with Crippen molar-refractivity contribution in [3.05, 3.63) is 42.7 Å². The van der Waals surface area contributed by atoms with E-state index in [9.17, 15) is 0 Å². The van der Waals surface area contributed by atoms with E-state index in [0.717, 1.165) is 45.8 Å². The van der Waals surface area contributed by atoms with E-state index in [-0.39, 0.29) is 0 Å². The number of hydrogen-bond acceptors (Lipinski definition) is 5. The maximum atomic E-state index is 5.63. The first kappa shape index (κ1) is 18.2. The Morgan fingerprint density at radius 3 is 2.48 bits per heavy atom. The summed E-state index contributed by atoms with van der Waals surface area (Å²) in [5, 5.41) is 16.0. The van der Waals surface area contributed by atoms with Gasteiger partial charge in [0.05, 0.1) is 19.0 Å². The van der Waals surface area contributed by atoms with Gasteiger partial charge in [-0.15, -0.1) is 10.2 Å². The highest BCUT2D eigenvalue weighted by Gasteiger charge is 2.36. The van der Waals surface area contributed by atoms with Crippen LogP contribution in [-0.4, -0.2) is 40.6 Å². The first-order valence-corrected chi connectivity index (χ1v) is 10.5. The van der Waals surface area contributed by atoms with Gasteiger partial charge in [0.15, 0.2) is 5.82 Å². The highest BCUT2D eigenvalue weighted by molar-refractivity contribution is 5.74. The standard InChI is InChI=1S/C23H27N5O/c1-28(19-10-15-3-4-16(9-15)11-19)23-8-7-21(26-27-23)20-6-5-17(12-22(20)29-2)18-13-24-25-14-18/h5-8,12-16,19H,3-4,9-11H2,1-2H3,(H,24,25)/t15-,16+,19?. The summed E-state index contributed by atoms with van der Waals surface area (Å²) in [4.78, 5) is 2.33. The van der Waals surface area contributed by atoms with Crippen molar-refractivity contribution < 1.29 is 4.74 Å². The van der Waals surface area contributed by atoms with Crippen LogP contribution in [0.5, 0.6) is 5.75 Å². The topological polar surface area (TPSA) is 66.9 Å². The summed E-state index contributed by atoms with van der Waals surface area (Å²) in [6.45, 7) is 0. The molecule has 1 aromatic carbocycles. The number of nitrogens with zero attached hydrogens (tertiary/aromatic N) is 4. The normalized spacial score (nSPS) is 23.2. The third-order valence-corrected chi connectivity index (χ3v) is 6.73. The summed E-state index contributed by atoms with van der Waals surface area (Å²) in [6, 6.07) is 10.8. The van der Waals surface area contributed by atoms with E-state index in [1.807, 2.05) is 24.4 Å². The molecule has 6 heteroatoms. The van der Waals surface area contributed by atoms with Crippen LogP contribution in [0.1, 0.15) is 32.1 Å². The van der Waals surface area contributed by atoms with Gasteiger partial charge in [0, 0.05) is 30.4 Å². The molecule has 2 fully saturated rings. The summed E-state index contributed by atoms with van der Waals surface area (Å²) >= 11 is 0. The smallest absolute Gasteiger partial charge is 0.151 e. The molecule has 150 valence electrons. The number of aromatic amines is 1. The minimum Gasteiger partial charge on any atom is -0.496 e. The zero-order valence-electron chi connectivity index (χ0n) is 17.0. The van der Waals surface area contributed by atoms with Gasteiger partial charge in [0.25, 0.3) is 0 Å². The maximum absolute atomic E-state index is 5.63. The molecule has 0 aliphatic heterocycles. The number of rotatable bonds is 5. The molecule has 1 unspecified atom stereocenters. The molecular formula is C23H27N5O. The van der Waals surface area contributed by atoms with Crippen LogP contribution in [0.15, 0.2) is 42.7 Å². The van der Waals surface area contributed by atoms with Gasteiger partial charge in [-0.1, -0.05) is 18.9 Å². The number of benzene rings is 1. The van der Waals surface area contributed by atoms with Crippen LogP contribution in [0.25, 0.3) is 22.4 Å². The van der Waals surface area contributed by atoms with Gasteiger partial charge in [-0.2, -0.15) is 5.10 Å². The maximum Gasteiger partial charge on any atom is 0.151 e. The van der Waals surface area contributed by atoms with E-state index in [0.29, 0.717) is 6.04 Å². The monoisotopic (exact) mass is 389 g/mol.